The zero-order valence-electron chi connectivity index (χ0n) is 11.8. The Hall–Kier alpha value is -1.40. The first kappa shape index (κ1) is 13.6. The van der Waals surface area contributed by atoms with Gasteiger partial charge in [-0.05, 0) is 25.7 Å². The number of nitrogen functional groups attached to an aromatic ring is 1. The summed E-state index contributed by atoms with van der Waals surface area (Å²) in [5, 5.41) is 9.99. The fourth-order valence-corrected chi connectivity index (χ4v) is 3.35. The van der Waals surface area contributed by atoms with E-state index in [4.69, 9.17) is 10.5 Å². The standard InChI is InChI=1S/C14H22N4O2/c1-2-20-8-13-16-12(15)5-14(17-13)18-6-9-3-4-11(19)10(9)7-18/h5,9-11,19H,2-4,6-8H2,1H3,(H2,15,16,17). The molecule has 3 atom stereocenters. The van der Waals surface area contributed by atoms with Crippen LogP contribution in [-0.4, -0.2) is 40.9 Å². The second kappa shape index (κ2) is 5.54. The normalized spacial score (nSPS) is 28.9. The molecule has 20 heavy (non-hydrogen) atoms. The lowest BCUT2D eigenvalue weighted by Crippen LogP contribution is -2.25. The Morgan fingerprint density at radius 2 is 2.25 bits per heavy atom. The highest BCUT2D eigenvalue weighted by Crippen LogP contribution is 2.39. The van der Waals surface area contributed by atoms with E-state index < -0.39 is 0 Å². The van der Waals surface area contributed by atoms with Gasteiger partial charge >= 0.3 is 0 Å². The first-order valence-corrected chi connectivity index (χ1v) is 7.31. The van der Waals surface area contributed by atoms with Crippen LogP contribution in [0.5, 0.6) is 0 Å². The third-order valence-corrected chi connectivity index (χ3v) is 4.36. The highest BCUT2D eigenvalue weighted by atomic mass is 16.5. The highest BCUT2D eigenvalue weighted by Gasteiger charge is 2.42. The molecule has 1 aromatic heterocycles. The van der Waals surface area contributed by atoms with Gasteiger partial charge in [-0.15, -0.1) is 0 Å². The summed E-state index contributed by atoms with van der Waals surface area (Å²) in [5.74, 6) is 2.91. The molecule has 0 amide bonds. The van der Waals surface area contributed by atoms with Gasteiger partial charge in [0.15, 0.2) is 5.82 Å². The molecule has 1 aliphatic heterocycles. The van der Waals surface area contributed by atoms with Crippen molar-refractivity contribution in [2.24, 2.45) is 11.8 Å². The Morgan fingerprint density at radius 1 is 1.40 bits per heavy atom. The molecule has 0 aromatic carbocycles. The first-order chi connectivity index (χ1) is 9.67. The smallest absolute Gasteiger partial charge is 0.158 e. The number of hydrogen-bond acceptors (Lipinski definition) is 6. The Kier molecular flexibility index (Phi) is 3.76. The second-order valence-corrected chi connectivity index (χ2v) is 5.68. The number of aliphatic hydroxyl groups is 1. The molecular formula is C14H22N4O2. The van der Waals surface area contributed by atoms with Crippen molar-refractivity contribution >= 4 is 11.6 Å². The number of rotatable bonds is 4. The summed E-state index contributed by atoms with van der Waals surface area (Å²) in [6, 6.07) is 1.81. The average molecular weight is 278 g/mol. The number of ether oxygens (including phenoxy) is 1. The van der Waals surface area contributed by atoms with Gasteiger partial charge in [-0.1, -0.05) is 0 Å². The van der Waals surface area contributed by atoms with Crippen LogP contribution in [0.25, 0.3) is 0 Å². The zero-order chi connectivity index (χ0) is 14.1. The summed E-state index contributed by atoms with van der Waals surface area (Å²) >= 11 is 0. The van der Waals surface area contributed by atoms with Gasteiger partial charge in [-0.3, -0.25) is 0 Å². The maximum absolute atomic E-state index is 9.99. The van der Waals surface area contributed by atoms with Crippen molar-refractivity contribution in [2.75, 3.05) is 30.3 Å². The van der Waals surface area contributed by atoms with Crippen LogP contribution in [0, 0.1) is 11.8 Å². The lowest BCUT2D eigenvalue weighted by atomic mass is 10.00. The van der Waals surface area contributed by atoms with Gasteiger partial charge < -0.3 is 20.5 Å². The molecule has 3 rings (SSSR count). The predicted molar refractivity (Wildman–Crippen MR) is 76.2 cm³/mol. The molecule has 1 saturated carbocycles. The van der Waals surface area contributed by atoms with Gasteiger partial charge in [0.1, 0.15) is 18.2 Å². The van der Waals surface area contributed by atoms with E-state index >= 15 is 0 Å². The molecule has 6 nitrogen and oxygen atoms in total. The van der Waals surface area contributed by atoms with Gasteiger partial charge in [-0.2, -0.15) is 0 Å². The van der Waals surface area contributed by atoms with Crippen molar-refractivity contribution in [1.29, 1.82) is 0 Å². The zero-order valence-corrected chi connectivity index (χ0v) is 11.8. The second-order valence-electron chi connectivity index (χ2n) is 5.68. The van der Waals surface area contributed by atoms with Crippen molar-refractivity contribution < 1.29 is 9.84 Å². The van der Waals surface area contributed by atoms with E-state index in [1.165, 1.54) is 0 Å². The molecule has 1 aromatic rings. The summed E-state index contributed by atoms with van der Waals surface area (Å²) in [5.41, 5.74) is 5.86. The Morgan fingerprint density at radius 3 is 3.00 bits per heavy atom. The molecule has 2 aliphatic rings. The molecule has 0 radical (unpaired) electrons. The van der Waals surface area contributed by atoms with Crippen molar-refractivity contribution in [3.8, 4) is 0 Å². The summed E-state index contributed by atoms with van der Waals surface area (Å²) in [4.78, 5) is 10.9. The fraction of sp³-hybridized carbons (Fsp3) is 0.714. The van der Waals surface area contributed by atoms with Crippen LogP contribution in [0.1, 0.15) is 25.6 Å². The number of nitrogens with two attached hydrogens (primary N) is 1. The van der Waals surface area contributed by atoms with Crippen LogP contribution in [0.3, 0.4) is 0 Å². The van der Waals surface area contributed by atoms with E-state index in [9.17, 15) is 5.11 Å². The predicted octanol–water partition coefficient (Wildman–Crippen LogP) is 0.802. The van der Waals surface area contributed by atoms with Crippen LogP contribution in [0.15, 0.2) is 6.07 Å². The van der Waals surface area contributed by atoms with E-state index in [-0.39, 0.29) is 6.10 Å². The molecule has 2 heterocycles. The minimum atomic E-state index is -0.160. The number of hydrogen-bond donors (Lipinski definition) is 2. The molecule has 1 aliphatic carbocycles. The highest BCUT2D eigenvalue weighted by molar-refractivity contribution is 5.48. The summed E-state index contributed by atoms with van der Waals surface area (Å²) in [6.45, 7) is 4.77. The van der Waals surface area contributed by atoms with Crippen LogP contribution in [-0.2, 0) is 11.3 Å². The largest absolute Gasteiger partial charge is 0.393 e. The minimum Gasteiger partial charge on any atom is -0.393 e. The van der Waals surface area contributed by atoms with E-state index in [1.807, 2.05) is 13.0 Å². The summed E-state index contributed by atoms with van der Waals surface area (Å²) in [6.07, 6.45) is 1.88. The number of fused-ring (bicyclic) bond motifs is 1. The first-order valence-electron chi connectivity index (χ1n) is 7.31. The maximum Gasteiger partial charge on any atom is 0.158 e. The third-order valence-electron chi connectivity index (χ3n) is 4.36. The van der Waals surface area contributed by atoms with E-state index in [0.29, 0.717) is 36.7 Å². The molecule has 2 fully saturated rings. The number of nitrogens with zero attached hydrogens (tertiary/aromatic N) is 3. The summed E-state index contributed by atoms with van der Waals surface area (Å²) in [7, 11) is 0. The molecular weight excluding hydrogens is 256 g/mol. The number of aliphatic hydroxyl groups excluding tert-OH is 1. The van der Waals surface area contributed by atoms with Gasteiger partial charge in [-0.25, -0.2) is 9.97 Å². The van der Waals surface area contributed by atoms with E-state index in [0.717, 1.165) is 31.7 Å². The molecule has 0 spiro atoms. The van der Waals surface area contributed by atoms with Crippen molar-refractivity contribution in [3.05, 3.63) is 11.9 Å². The van der Waals surface area contributed by atoms with E-state index in [2.05, 4.69) is 14.9 Å². The monoisotopic (exact) mass is 278 g/mol. The minimum absolute atomic E-state index is 0.160. The van der Waals surface area contributed by atoms with Gasteiger partial charge in [0, 0.05) is 31.7 Å². The summed E-state index contributed by atoms with van der Waals surface area (Å²) < 4.78 is 5.34. The molecule has 3 N–H and O–H groups in total. The van der Waals surface area contributed by atoms with Crippen molar-refractivity contribution in [3.63, 3.8) is 0 Å². The lowest BCUT2D eigenvalue weighted by molar-refractivity contribution is 0.128. The maximum atomic E-state index is 9.99. The number of aromatic nitrogens is 2. The molecule has 3 unspecified atom stereocenters. The van der Waals surface area contributed by atoms with Crippen LogP contribution in [0.4, 0.5) is 11.6 Å². The average Bonchev–Trinajstić information content (AvgIpc) is 2.99. The molecule has 6 heteroatoms. The molecule has 110 valence electrons. The lowest BCUT2D eigenvalue weighted by Gasteiger charge is -2.20. The van der Waals surface area contributed by atoms with Crippen LogP contribution >= 0.6 is 0 Å². The Balaban J connectivity index is 1.75. The Bertz CT molecular complexity index is 482. The third kappa shape index (κ3) is 2.58. The Labute approximate surface area is 119 Å². The molecule has 0 bridgehead atoms. The van der Waals surface area contributed by atoms with Crippen LogP contribution < -0.4 is 10.6 Å². The number of anilines is 2. The van der Waals surface area contributed by atoms with Gasteiger partial charge in [0.05, 0.1) is 6.10 Å². The SMILES string of the molecule is CCOCc1nc(N)cc(N2CC3CCC(O)C3C2)n1. The van der Waals surface area contributed by atoms with E-state index in [1.54, 1.807) is 0 Å². The quantitative estimate of drug-likeness (QED) is 0.847. The molecule has 1 saturated heterocycles. The van der Waals surface area contributed by atoms with Crippen molar-refractivity contribution in [2.45, 2.75) is 32.5 Å². The topological polar surface area (TPSA) is 84.5 Å². The van der Waals surface area contributed by atoms with Crippen LogP contribution in [0.2, 0.25) is 0 Å². The van der Waals surface area contributed by atoms with Gasteiger partial charge in [0.2, 0.25) is 0 Å². The fourth-order valence-electron chi connectivity index (χ4n) is 3.35. The van der Waals surface area contributed by atoms with Crippen molar-refractivity contribution in [1.82, 2.24) is 9.97 Å². The van der Waals surface area contributed by atoms with Gasteiger partial charge in [0.25, 0.3) is 0 Å².